The van der Waals surface area contributed by atoms with Crippen molar-refractivity contribution in [2.24, 2.45) is 0 Å². The highest BCUT2D eigenvalue weighted by molar-refractivity contribution is 5.99. The summed E-state index contributed by atoms with van der Waals surface area (Å²) in [6, 6.07) is 3.73. The van der Waals surface area contributed by atoms with E-state index in [1.165, 1.54) is 0 Å². The maximum atomic E-state index is 12.8. The molecule has 8 nitrogen and oxygen atoms in total. The number of imidazole rings is 1. The molecule has 0 aliphatic carbocycles. The van der Waals surface area contributed by atoms with Gasteiger partial charge in [0, 0.05) is 63.9 Å². The van der Waals surface area contributed by atoms with E-state index in [2.05, 4.69) is 25.1 Å². The number of nitrogens with one attached hydrogen (secondary N) is 1. The molecular formula is C19H28N6O2. The van der Waals surface area contributed by atoms with Crippen molar-refractivity contribution < 1.29 is 9.90 Å². The Morgan fingerprint density at radius 3 is 2.63 bits per heavy atom. The van der Waals surface area contributed by atoms with Crippen LogP contribution in [0.2, 0.25) is 0 Å². The zero-order chi connectivity index (χ0) is 19.2. The summed E-state index contributed by atoms with van der Waals surface area (Å²) in [7, 11) is 0. The summed E-state index contributed by atoms with van der Waals surface area (Å²) in [6.45, 7) is 9.28. The van der Waals surface area contributed by atoms with E-state index in [9.17, 15) is 4.79 Å². The Balaban J connectivity index is 1.64. The first-order valence-electron chi connectivity index (χ1n) is 9.40. The van der Waals surface area contributed by atoms with Gasteiger partial charge in [0.15, 0.2) is 0 Å². The molecule has 1 aliphatic rings. The van der Waals surface area contributed by atoms with Crippen LogP contribution in [-0.2, 0) is 6.54 Å². The zero-order valence-corrected chi connectivity index (χ0v) is 16.1. The second kappa shape index (κ2) is 8.96. The fourth-order valence-corrected chi connectivity index (χ4v) is 3.31. The molecule has 146 valence electrons. The Bertz CT molecular complexity index is 767. The largest absolute Gasteiger partial charge is 0.395 e. The third-order valence-electron chi connectivity index (χ3n) is 4.91. The maximum absolute atomic E-state index is 12.8. The van der Waals surface area contributed by atoms with E-state index in [1.807, 2.05) is 36.7 Å². The minimum atomic E-state index is -0.104. The monoisotopic (exact) mass is 372 g/mol. The number of piperazine rings is 1. The molecule has 2 aromatic heterocycles. The number of nitrogens with zero attached hydrogens (tertiary/aromatic N) is 5. The molecule has 8 heteroatoms. The Hall–Kier alpha value is -2.45. The second-order valence-electron chi connectivity index (χ2n) is 6.80. The van der Waals surface area contributed by atoms with Gasteiger partial charge in [-0.05, 0) is 26.0 Å². The minimum absolute atomic E-state index is 0.104. The van der Waals surface area contributed by atoms with E-state index >= 15 is 0 Å². The number of aliphatic hydroxyl groups is 1. The van der Waals surface area contributed by atoms with Gasteiger partial charge in [0.2, 0.25) is 0 Å². The summed E-state index contributed by atoms with van der Waals surface area (Å²) < 4.78 is 2.01. The molecule has 0 spiro atoms. The molecule has 27 heavy (non-hydrogen) atoms. The average Bonchev–Trinajstić information content (AvgIpc) is 3.07. The van der Waals surface area contributed by atoms with Crippen LogP contribution in [0.15, 0.2) is 24.5 Å². The van der Waals surface area contributed by atoms with Gasteiger partial charge in [0.1, 0.15) is 11.6 Å². The Kier molecular flexibility index (Phi) is 6.41. The summed E-state index contributed by atoms with van der Waals surface area (Å²) >= 11 is 0. The van der Waals surface area contributed by atoms with Gasteiger partial charge in [-0.1, -0.05) is 0 Å². The predicted octanol–water partition coefficient (Wildman–Crippen LogP) is 0.439. The smallest absolute Gasteiger partial charge is 0.255 e. The van der Waals surface area contributed by atoms with Crippen LogP contribution < -0.4 is 10.2 Å². The van der Waals surface area contributed by atoms with Gasteiger partial charge in [-0.15, -0.1) is 0 Å². The Morgan fingerprint density at radius 1 is 1.19 bits per heavy atom. The minimum Gasteiger partial charge on any atom is -0.395 e. The fourth-order valence-electron chi connectivity index (χ4n) is 3.31. The molecular weight excluding hydrogens is 344 g/mol. The lowest BCUT2D eigenvalue weighted by molar-refractivity contribution is 0.0952. The van der Waals surface area contributed by atoms with E-state index in [0.717, 1.165) is 43.5 Å². The maximum Gasteiger partial charge on any atom is 0.255 e. The van der Waals surface area contributed by atoms with Crippen LogP contribution >= 0.6 is 0 Å². The molecule has 0 saturated carbocycles. The van der Waals surface area contributed by atoms with Crippen molar-refractivity contribution in [2.75, 3.05) is 50.8 Å². The normalized spacial score (nSPS) is 15.1. The molecule has 3 heterocycles. The summed E-state index contributed by atoms with van der Waals surface area (Å²) in [5.74, 6) is 1.57. The fraction of sp³-hybridized carbons (Fsp3) is 0.526. The lowest BCUT2D eigenvalue weighted by Crippen LogP contribution is -2.48. The highest BCUT2D eigenvalue weighted by atomic mass is 16.3. The molecule has 0 unspecified atom stereocenters. The molecule has 1 saturated heterocycles. The first kappa shape index (κ1) is 19.3. The third kappa shape index (κ3) is 4.84. The topological polar surface area (TPSA) is 86.5 Å². The molecule has 1 aliphatic heterocycles. The van der Waals surface area contributed by atoms with Crippen LogP contribution in [0.1, 0.15) is 21.9 Å². The second-order valence-corrected chi connectivity index (χ2v) is 6.80. The predicted molar refractivity (Wildman–Crippen MR) is 104 cm³/mol. The van der Waals surface area contributed by atoms with Crippen molar-refractivity contribution in [3.63, 3.8) is 0 Å². The van der Waals surface area contributed by atoms with Crippen LogP contribution in [0.4, 0.5) is 5.82 Å². The highest BCUT2D eigenvalue weighted by Gasteiger charge is 2.22. The van der Waals surface area contributed by atoms with E-state index in [4.69, 9.17) is 5.11 Å². The van der Waals surface area contributed by atoms with Crippen LogP contribution in [0.25, 0.3) is 0 Å². The number of amides is 1. The molecule has 2 N–H and O–H groups in total. The number of aromatic nitrogens is 3. The van der Waals surface area contributed by atoms with Crippen LogP contribution in [0, 0.1) is 13.8 Å². The van der Waals surface area contributed by atoms with Gasteiger partial charge >= 0.3 is 0 Å². The number of pyridine rings is 1. The van der Waals surface area contributed by atoms with Crippen molar-refractivity contribution in [1.82, 2.24) is 24.8 Å². The standard InChI is InChI=1S/C19H28N6O2/c1-15-3-4-17(19(27)21-6-8-24-7-5-20-16(24)2)18(22-15)25-11-9-23(10-12-25)13-14-26/h3-5,7,26H,6,8-14H2,1-2H3,(H,21,27). The lowest BCUT2D eigenvalue weighted by Gasteiger charge is -2.35. The van der Waals surface area contributed by atoms with E-state index in [-0.39, 0.29) is 12.5 Å². The zero-order valence-electron chi connectivity index (χ0n) is 16.1. The molecule has 0 radical (unpaired) electrons. The molecule has 0 bridgehead atoms. The molecule has 1 amide bonds. The van der Waals surface area contributed by atoms with E-state index in [0.29, 0.717) is 25.2 Å². The lowest BCUT2D eigenvalue weighted by atomic mass is 10.2. The Labute approximate surface area is 159 Å². The number of carbonyl (C=O) groups is 1. The highest BCUT2D eigenvalue weighted by Crippen LogP contribution is 2.20. The number of aliphatic hydroxyl groups excluding tert-OH is 1. The number of hydrogen-bond acceptors (Lipinski definition) is 6. The van der Waals surface area contributed by atoms with Gasteiger partial charge in [0.25, 0.3) is 5.91 Å². The summed E-state index contributed by atoms with van der Waals surface area (Å²) in [6.07, 6.45) is 3.67. The number of carbonyl (C=O) groups excluding carboxylic acids is 1. The van der Waals surface area contributed by atoms with E-state index in [1.54, 1.807) is 6.20 Å². The first-order valence-corrected chi connectivity index (χ1v) is 9.40. The first-order chi connectivity index (χ1) is 13.1. The van der Waals surface area contributed by atoms with Gasteiger partial charge in [0.05, 0.1) is 12.2 Å². The molecule has 1 fully saturated rings. The molecule has 3 rings (SSSR count). The van der Waals surface area contributed by atoms with Crippen molar-refractivity contribution >= 4 is 11.7 Å². The molecule has 0 aromatic carbocycles. The third-order valence-corrected chi connectivity index (χ3v) is 4.91. The average molecular weight is 372 g/mol. The van der Waals surface area contributed by atoms with Gasteiger partial charge in [-0.3, -0.25) is 9.69 Å². The summed E-state index contributed by atoms with van der Waals surface area (Å²) in [4.78, 5) is 26.0. The quantitative estimate of drug-likeness (QED) is 0.733. The Morgan fingerprint density at radius 2 is 1.96 bits per heavy atom. The van der Waals surface area contributed by atoms with Gasteiger partial charge < -0.3 is 19.9 Å². The summed E-state index contributed by atoms with van der Waals surface area (Å²) in [5, 5.41) is 12.1. The summed E-state index contributed by atoms with van der Waals surface area (Å²) in [5.41, 5.74) is 1.51. The molecule has 2 aromatic rings. The number of rotatable bonds is 7. The van der Waals surface area contributed by atoms with Crippen molar-refractivity contribution in [1.29, 1.82) is 0 Å². The number of aryl methyl sites for hydroxylation is 2. The number of anilines is 1. The molecule has 0 atom stereocenters. The number of hydrogen-bond donors (Lipinski definition) is 2. The SMILES string of the molecule is Cc1ccc(C(=O)NCCn2ccnc2C)c(N2CCN(CCO)CC2)n1. The van der Waals surface area contributed by atoms with Crippen LogP contribution in [0.3, 0.4) is 0 Å². The van der Waals surface area contributed by atoms with Crippen LogP contribution in [-0.4, -0.2) is 76.3 Å². The van der Waals surface area contributed by atoms with Crippen molar-refractivity contribution in [2.45, 2.75) is 20.4 Å². The van der Waals surface area contributed by atoms with E-state index < -0.39 is 0 Å². The van der Waals surface area contributed by atoms with Gasteiger partial charge in [-0.2, -0.15) is 0 Å². The number of β-amino-alcohol motifs (C(OH)–C–C–N with tert-alkyl or cyclic N) is 1. The van der Waals surface area contributed by atoms with Crippen molar-refractivity contribution in [3.8, 4) is 0 Å². The van der Waals surface area contributed by atoms with Gasteiger partial charge in [-0.25, -0.2) is 9.97 Å². The van der Waals surface area contributed by atoms with Crippen LogP contribution in [0.5, 0.6) is 0 Å². The van der Waals surface area contributed by atoms with Crippen molar-refractivity contribution in [3.05, 3.63) is 41.6 Å².